The maximum Gasteiger partial charge on any atom is 0.308 e. The number of piperidine rings is 1. The normalized spacial score (nSPS) is 44.3. The average molecular weight is 869 g/mol. The molecule has 0 aromatic heterocycles. The predicted molar refractivity (Wildman–Crippen MR) is 229 cm³/mol. The Morgan fingerprint density at radius 2 is 1.44 bits per heavy atom. The van der Waals surface area contributed by atoms with E-state index in [-0.39, 0.29) is 24.7 Å². The number of likely N-dealkylation sites (tertiary alicyclic amines) is 1. The fraction of sp³-hybridized carbons (Fsp3) is 0.870. The number of hydrogen-bond acceptors (Lipinski definition) is 15. The molecule has 4 rings (SSSR count). The van der Waals surface area contributed by atoms with Gasteiger partial charge < -0.3 is 63.4 Å². The Bertz CT molecular complexity index is 1420. The number of ketones is 1. The van der Waals surface area contributed by atoms with Crippen LogP contribution < -0.4 is 0 Å². The summed E-state index contributed by atoms with van der Waals surface area (Å²) in [5.41, 5.74) is 0.761. The molecule has 4 heterocycles. The first kappa shape index (κ1) is 51.8. The topological polar surface area (TPSA) is 186 Å². The minimum Gasteiger partial charge on any atom is -0.462 e. The molecule has 0 bridgehead atoms. The highest BCUT2D eigenvalue weighted by Gasteiger charge is 2.48. The number of aliphatic hydroxyl groups excluding tert-OH is 4. The molecule has 0 amide bonds. The monoisotopic (exact) mass is 869 g/mol. The summed E-state index contributed by atoms with van der Waals surface area (Å²) in [5, 5.41) is 45.3. The summed E-state index contributed by atoms with van der Waals surface area (Å²) in [6, 6.07) is -0.684. The summed E-state index contributed by atoms with van der Waals surface area (Å²) >= 11 is 0. The molecule has 61 heavy (non-hydrogen) atoms. The second-order valence-corrected chi connectivity index (χ2v) is 18.9. The Kier molecular flexibility index (Phi) is 20.3. The lowest BCUT2D eigenvalue weighted by Gasteiger charge is -2.47. The number of carbonyl (C=O) groups excluding carboxylic acids is 2. The molecule has 352 valence electrons. The molecule has 4 aliphatic heterocycles. The van der Waals surface area contributed by atoms with Crippen molar-refractivity contribution in [3.05, 3.63) is 23.8 Å². The molecule has 0 aromatic carbocycles. The highest BCUT2D eigenvalue weighted by atomic mass is 16.7. The molecule has 15 heteroatoms. The second-order valence-electron chi connectivity index (χ2n) is 18.9. The zero-order valence-electron chi connectivity index (χ0n) is 38.9. The van der Waals surface area contributed by atoms with Gasteiger partial charge >= 0.3 is 5.97 Å². The van der Waals surface area contributed by atoms with Crippen LogP contribution in [0.5, 0.6) is 0 Å². The SMILES string of the molecule is CC[C@H]1OC(=O)C[C@@H](O)[C@H](C)[C@@H](O[C@@H]2O[C@H](C)[C@@H](O)[C@H](N(C)C)[C@H]2O)[C@@H](CCN2C[C@H](C)C[C@H](C)C2)C[C@@H](C)C(=O)/C=C/C(C)=C/[C@@H]1COC1O[C@H](C)[C@@H](O)[C@@H](OC)[C@H]1OC. The molecule has 4 aliphatic rings. The third-order valence-corrected chi connectivity index (χ3v) is 13.5. The van der Waals surface area contributed by atoms with E-state index in [0.29, 0.717) is 31.1 Å². The number of aliphatic hydroxyl groups is 4. The smallest absolute Gasteiger partial charge is 0.308 e. The number of likely N-dealkylation sites (N-methyl/N-ethyl adjacent to an activating group) is 1. The molecular weight excluding hydrogens is 789 g/mol. The van der Waals surface area contributed by atoms with Gasteiger partial charge in [-0.05, 0) is 90.9 Å². The molecule has 0 spiro atoms. The molecule has 4 N–H and O–H groups in total. The molecule has 19 atom stereocenters. The van der Waals surface area contributed by atoms with E-state index in [0.717, 1.165) is 25.2 Å². The number of cyclic esters (lactones) is 1. The standard InChI is InChI=1S/C46H80N2O13/c1-13-36-33(24-57-46-44(56-12)43(55-11)40(53)31(8)59-46)19-25(2)14-15-34(49)28(5)20-32(16-17-48-22-26(3)18-27(4)23-48)42(29(6)35(50)21-37(51)60-36)61-45-41(54)38(47(9)10)39(52)30(7)58-45/h14-15,19,26-33,35-36,38-46,50,52-54H,13,16-18,20-24H2,1-12H3/b15-14+,25-19+/t26-,27+,28-,29+,30-,31-,32+,33-,35-,36-,38+,39-,40-,41-,42-,43-,44-,45+,46?/m1/s1. The van der Waals surface area contributed by atoms with Gasteiger partial charge in [-0.15, -0.1) is 0 Å². The molecule has 0 radical (unpaired) electrons. The van der Waals surface area contributed by atoms with Crippen LogP contribution in [0.1, 0.15) is 87.5 Å². The van der Waals surface area contributed by atoms with Crippen LogP contribution >= 0.6 is 0 Å². The van der Waals surface area contributed by atoms with E-state index in [1.807, 2.05) is 33.8 Å². The van der Waals surface area contributed by atoms with Crippen molar-refractivity contribution in [2.24, 2.45) is 35.5 Å². The lowest BCUT2D eigenvalue weighted by molar-refractivity contribution is -0.304. The number of allylic oxidation sites excluding steroid dienone is 3. The second kappa shape index (κ2) is 23.9. The van der Waals surface area contributed by atoms with Crippen LogP contribution in [0.15, 0.2) is 23.8 Å². The number of nitrogens with zero attached hydrogens (tertiary/aromatic N) is 2. The van der Waals surface area contributed by atoms with Gasteiger partial charge in [0.1, 0.15) is 30.5 Å². The van der Waals surface area contributed by atoms with E-state index >= 15 is 0 Å². The van der Waals surface area contributed by atoms with Crippen molar-refractivity contribution in [3.63, 3.8) is 0 Å². The lowest BCUT2D eigenvalue weighted by atomic mass is 9.79. The average Bonchev–Trinajstić information content (AvgIpc) is 3.19. The molecule has 15 nitrogen and oxygen atoms in total. The lowest BCUT2D eigenvalue weighted by Crippen LogP contribution is -2.63. The van der Waals surface area contributed by atoms with E-state index in [1.54, 1.807) is 45.0 Å². The highest BCUT2D eigenvalue weighted by Crippen LogP contribution is 2.36. The van der Waals surface area contributed by atoms with Crippen LogP contribution in [-0.2, 0) is 42.7 Å². The van der Waals surface area contributed by atoms with Gasteiger partial charge in [-0.2, -0.15) is 0 Å². The summed E-state index contributed by atoms with van der Waals surface area (Å²) in [6.07, 6.45) is -2.96. The Morgan fingerprint density at radius 1 is 0.820 bits per heavy atom. The first-order valence-electron chi connectivity index (χ1n) is 22.6. The van der Waals surface area contributed by atoms with Crippen LogP contribution in [0.2, 0.25) is 0 Å². The fourth-order valence-corrected chi connectivity index (χ4v) is 10.0. The summed E-state index contributed by atoms with van der Waals surface area (Å²) in [5.74, 6) is -1.46. The number of hydrogen-bond donors (Lipinski definition) is 4. The van der Waals surface area contributed by atoms with E-state index in [2.05, 4.69) is 18.7 Å². The van der Waals surface area contributed by atoms with Crippen molar-refractivity contribution in [2.45, 2.75) is 167 Å². The van der Waals surface area contributed by atoms with Crippen LogP contribution in [0, 0.1) is 35.5 Å². The zero-order chi connectivity index (χ0) is 45.3. The van der Waals surface area contributed by atoms with Crippen LogP contribution in [0.25, 0.3) is 0 Å². The molecule has 0 aliphatic carbocycles. The van der Waals surface area contributed by atoms with Crippen molar-refractivity contribution in [2.75, 3.05) is 54.6 Å². The van der Waals surface area contributed by atoms with Gasteiger partial charge in [0.15, 0.2) is 18.4 Å². The maximum absolute atomic E-state index is 14.0. The van der Waals surface area contributed by atoms with E-state index in [4.69, 9.17) is 33.2 Å². The van der Waals surface area contributed by atoms with Gasteiger partial charge in [-0.3, -0.25) is 9.59 Å². The van der Waals surface area contributed by atoms with E-state index in [9.17, 15) is 30.0 Å². The Balaban J connectivity index is 1.68. The number of carbonyl (C=O) groups is 2. The van der Waals surface area contributed by atoms with Gasteiger partial charge in [-0.1, -0.05) is 52.3 Å². The number of rotatable bonds is 12. The van der Waals surface area contributed by atoms with E-state index < -0.39 is 103 Å². The van der Waals surface area contributed by atoms with Crippen molar-refractivity contribution in [1.29, 1.82) is 0 Å². The van der Waals surface area contributed by atoms with Crippen LogP contribution in [0.4, 0.5) is 0 Å². The minimum atomic E-state index is -1.23. The Hall–Kier alpha value is -1.86. The first-order valence-corrected chi connectivity index (χ1v) is 22.6. The van der Waals surface area contributed by atoms with Gasteiger partial charge in [0.2, 0.25) is 0 Å². The summed E-state index contributed by atoms with van der Waals surface area (Å²) in [4.78, 5) is 32.1. The van der Waals surface area contributed by atoms with Crippen LogP contribution in [0.3, 0.4) is 0 Å². The molecule has 3 saturated heterocycles. The molecule has 1 unspecified atom stereocenters. The fourth-order valence-electron chi connectivity index (χ4n) is 10.0. The van der Waals surface area contributed by atoms with Crippen molar-refractivity contribution < 1.29 is 63.2 Å². The predicted octanol–water partition coefficient (Wildman–Crippen LogP) is 3.34. The van der Waals surface area contributed by atoms with Gasteiger partial charge in [0.05, 0.1) is 49.6 Å². The Labute approximate surface area is 365 Å². The third kappa shape index (κ3) is 13.8. The van der Waals surface area contributed by atoms with Gasteiger partial charge in [-0.25, -0.2) is 0 Å². The molecule has 3 fully saturated rings. The summed E-state index contributed by atoms with van der Waals surface area (Å²) in [7, 11) is 6.54. The largest absolute Gasteiger partial charge is 0.462 e. The highest BCUT2D eigenvalue weighted by molar-refractivity contribution is 5.91. The number of esters is 1. The summed E-state index contributed by atoms with van der Waals surface area (Å²) < 4.78 is 42.6. The van der Waals surface area contributed by atoms with E-state index in [1.165, 1.54) is 20.6 Å². The van der Waals surface area contributed by atoms with Crippen molar-refractivity contribution >= 4 is 11.8 Å². The minimum absolute atomic E-state index is 0.0427. The van der Waals surface area contributed by atoms with Crippen molar-refractivity contribution in [1.82, 2.24) is 9.80 Å². The summed E-state index contributed by atoms with van der Waals surface area (Å²) in [6.45, 7) is 18.2. The third-order valence-electron chi connectivity index (χ3n) is 13.5. The first-order chi connectivity index (χ1) is 28.8. The van der Waals surface area contributed by atoms with Crippen molar-refractivity contribution in [3.8, 4) is 0 Å². The molecule has 0 aromatic rings. The molecule has 0 saturated carbocycles. The number of ether oxygens (including phenoxy) is 7. The van der Waals surface area contributed by atoms with Gasteiger partial charge in [0.25, 0.3) is 0 Å². The number of methoxy groups -OCH3 is 2. The quantitative estimate of drug-likeness (QED) is 0.209. The Morgan fingerprint density at radius 3 is 2.05 bits per heavy atom. The molecular formula is C46H80N2O13. The zero-order valence-corrected chi connectivity index (χ0v) is 38.9. The maximum atomic E-state index is 14.0. The van der Waals surface area contributed by atoms with Crippen LogP contribution in [-0.4, -0.2) is 176 Å². The van der Waals surface area contributed by atoms with Gasteiger partial charge in [0, 0.05) is 45.1 Å².